The Balaban J connectivity index is 1.97. The second-order valence-electron chi connectivity index (χ2n) is 4.18. The van der Waals surface area contributed by atoms with Crippen LogP contribution in [0.2, 0.25) is 0 Å². The van der Waals surface area contributed by atoms with E-state index in [-0.39, 0.29) is 11.6 Å². The summed E-state index contributed by atoms with van der Waals surface area (Å²) < 4.78 is 16.2. The summed E-state index contributed by atoms with van der Waals surface area (Å²) >= 11 is 3.19. The zero-order valence-corrected chi connectivity index (χ0v) is 12.6. The molecule has 106 valence electrons. The molecule has 1 aliphatic heterocycles. The van der Waals surface area contributed by atoms with Gasteiger partial charge >= 0.3 is 5.97 Å². The highest BCUT2D eigenvalue weighted by Crippen LogP contribution is 2.25. The molecule has 0 spiro atoms. The van der Waals surface area contributed by atoms with Crippen LogP contribution in [0.25, 0.3) is 6.08 Å². The van der Waals surface area contributed by atoms with E-state index in [2.05, 4.69) is 20.9 Å². The van der Waals surface area contributed by atoms with Crippen molar-refractivity contribution in [3.8, 4) is 5.75 Å². The van der Waals surface area contributed by atoms with Gasteiger partial charge in [0.2, 0.25) is 0 Å². The van der Waals surface area contributed by atoms with Crippen LogP contribution in [0.3, 0.4) is 0 Å². The lowest BCUT2D eigenvalue weighted by atomic mass is 10.1. The minimum atomic E-state index is -0.525. The van der Waals surface area contributed by atoms with Gasteiger partial charge in [-0.25, -0.2) is 9.79 Å². The van der Waals surface area contributed by atoms with Gasteiger partial charge in [0.05, 0.1) is 7.11 Å². The summed E-state index contributed by atoms with van der Waals surface area (Å²) in [6.07, 6.45) is 1.62. The molecule has 0 amide bonds. The van der Waals surface area contributed by atoms with Crippen LogP contribution in [0, 0.1) is 0 Å². The molecule has 0 unspecified atom stereocenters. The summed E-state index contributed by atoms with van der Waals surface area (Å²) in [6.45, 7) is 0. The molecule has 0 saturated carbocycles. The number of rotatable bonds is 3. The van der Waals surface area contributed by atoms with Crippen molar-refractivity contribution in [3.05, 3.63) is 58.1 Å². The van der Waals surface area contributed by atoms with Crippen molar-refractivity contribution in [1.29, 1.82) is 0 Å². The van der Waals surface area contributed by atoms with E-state index in [0.717, 1.165) is 5.56 Å². The second kappa shape index (κ2) is 5.57. The SMILES string of the molecule is COc1ccccc1C=C1N=C(c2ccc(Br)o2)OC1=O. The molecule has 1 aromatic heterocycles. The Morgan fingerprint density at radius 3 is 2.76 bits per heavy atom. The van der Waals surface area contributed by atoms with Crippen LogP contribution in [0.5, 0.6) is 5.75 Å². The number of cyclic esters (lactones) is 1. The van der Waals surface area contributed by atoms with E-state index in [4.69, 9.17) is 13.9 Å². The molecule has 5 nitrogen and oxygen atoms in total. The molecule has 0 N–H and O–H groups in total. The van der Waals surface area contributed by atoms with E-state index in [1.165, 1.54) is 0 Å². The molecule has 6 heteroatoms. The monoisotopic (exact) mass is 347 g/mol. The molecule has 3 rings (SSSR count). The van der Waals surface area contributed by atoms with Crippen molar-refractivity contribution in [3.63, 3.8) is 0 Å². The number of carbonyl (C=O) groups is 1. The van der Waals surface area contributed by atoms with Crippen molar-refractivity contribution < 1.29 is 18.7 Å². The van der Waals surface area contributed by atoms with Gasteiger partial charge in [0, 0.05) is 5.56 Å². The molecule has 0 fully saturated rings. The number of hydrogen-bond acceptors (Lipinski definition) is 5. The molecular weight excluding hydrogens is 338 g/mol. The van der Waals surface area contributed by atoms with Gasteiger partial charge in [0.25, 0.3) is 5.90 Å². The Hall–Kier alpha value is -2.34. The molecular formula is C15H10BrNO4. The lowest BCUT2D eigenvalue weighted by Gasteiger charge is -2.03. The maximum absolute atomic E-state index is 11.9. The molecule has 21 heavy (non-hydrogen) atoms. The topological polar surface area (TPSA) is 61.0 Å². The number of methoxy groups -OCH3 is 1. The maximum Gasteiger partial charge on any atom is 0.363 e. The lowest BCUT2D eigenvalue weighted by Crippen LogP contribution is -2.04. The van der Waals surface area contributed by atoms with E-state index in [9.17, 15) is 4.79 Å². The summed E-state index contributed by atoms with van der Waals surface area (Å²) in [5, 5.41) is 0. The molecule has 2 aromatic rings. The van der Waals surface area contributed by atoms with Gasteiger partial charge in [-0.1, -0.05) is 18.2 Å². The van der Waals surface area contributed by atoms with Crippen LogP contribution < -0.4 is 4.74 Å². The van der Waals surface area contributed by atoms with Crippen LogP contribution in [-0.2, 0) is 9.53 Å². The number of furan rings is 1. The number of aliphatic imine (C=N–C) groups is 1. The predicted molar refractivity (Wildman–Crippen MR) is 80.0 cm³/mol. The van der Waals surface area contributed by atoms with Gasteiger partial charge in [0.15, 0.2) is 16.1 Å². The Morgan fingerprint density at radius 2 is 2.05 bits per heavy atom. The fourth-order valence-corrected chi connectivity index (χ4v) is 2.18. The van der Waals surface area contributed by atoms with E-state index >= 15 is 0 Å². The normalized spacial score (nSPS) is 16.0. The number of benzene rings is 1. The van der Waals surface area contributed by atoms with Gasteiger partial charge in [-0.2, -0.15) is 0 Å². The third kappa shape index (κ3) is 2.75. The standard InChI is InChI=1S/C15H10BrNO4/c1-19-11-5-3-2-4-9(11)8-10-15(18)21-14(17-10)12-6-7-13(16)20-12/h2-8H,1H3. The maximum atomic E-state index is 11.9. The molecule has 1 aromatic carbocycles. The minimum absolute atomic E-state index is 0.145. The Labute approximate surface area is 129 Å². The van der Waals surface area contributed by atoms with E-state index in [0.29, 0.717) is 16.2 Å². The van der Waals surface area contributed by atoms with Crippen molar-refractivity contribution in [2.75, 3.05) is 7.11 Å². The van der Waals surface area contributed by atoms with Crippen LogP contribution >= 0.6 is 15.9 Å². The zero-order valence-electron chi connectivity index (χ0n) is 11.0. The minimum Gasteiger partial charge on any atom is -0.496 e. The number of ether oxygens (including phenoxy) is 2. The molecule has 0 bridgehead atoms. The summed E-state index contributed by atoms with van der Waals surface area (Å²) in [5.74, 6) is 0.663. The fourth-order valence-electron chi connectivity index (χ4n) is 1.88. The molecule has 0 saturated heterocycles. The lowest BCUT2D eigenvalue weighted by molar-refractivity contribution is -0.130. The van der Waals surface area contributed by atoms with Gasteiger partial charge in [-0.15, -0.1) is 0 Å². The van der Waals surface area contributed by atoms with E-state index in [1.807, 2.05) is 18.2 Å². The average molecular weight is 348 g/mol. The Bertz CT molecular complexity index is 761. The van der Waals surface area contributed by atoms with Gasteiger partial charge in [0.1, 0.15) is 5.75 Å². The van der Waals surface area contributed by atoms with Gasteiger partial charge in [-0.05, 0) is 40.2 Å². The highest BCUT2D eigenvalue weighted by atomic mass is 79.9. The molecule has 0 aliphatic carbocycles. The number of nitrogens with zero attached hydrogens (tertiary/aromatic N) is 1. The van der Waals surface area contributed by atoms with Crippen LogP contribution in [0.15, 0.2) is 56.2 Å². The third-order valence-corrected chi connectivity index (χ3v) is 3.26. The first kappa shape index (κ1) is 13.6. The summed E-state index contributed by atoms with van der Waals surface area (Å²) in [5.41, 5.74) is 0.944. The number of para-hydroxylation sites is 1. The summed E-state index contributed by atoms with van der Waals surface area (Å²) in [6, 6.07) is 10.7. The summed E-state index contributed by atoms with van der Waals surface area (Å²) in [7, 11) is 1.57. The number of esters is 1. The first-order valence-electron chi connectivity index (χ1n) is 6.08. The van der Waals surface area contributed by atoms with E-state index < -0.39 is 5.97 Å². The highest BCUT2D eigenvalue weighted by molar-refractivity contribution is 9.10. The van der Waals surface area contributed by atoms with Crippen LogP contribution in [-0.4, -0.2) is 19.0 Å². The van der Waals surface area contributed by atoms with Crippen LogP contribution in [0.1, 0.15) is 11.3 Å². The van der Waals surface area contributed by atoms with E-state index in [1.54, 1.807) is 31.4 Å². The smallest absolute Gasteiger partial charge is 0.363 e. The van der Waals surface area contributed by atoms with Crippen molar-refractivity contribution in [2.24, 2.45) is 4.99 Å². The van der Waals surface area contributed by atoms with Crippen molar-refractivity contribution in [1.82, 2.24) is 0 Å². The van der Waals surface area contributed by atoms with Gasteiger partial charge < -0.3 is 13.9 Å². The van der Waals surface area contributed by atoms with Crippen LogP contribution in [0.4, 0.5) is 0 Å². The average Bonchev–Trinajstić information content (AvgIpc) is 3.06. The highest BCUT2D eigenvalue weighted by Gasteiger charge is 2.26. The number of halogens is 1. The second-order valence-corrected chi connectivity index (χ2v) is 4.96. The summed E-state index contributed by atoms with van der Waals surface area (Å²) in [4.78, 5) is 16.0. The Kier molecular flexibility index (Phi) is 3.62. The fraction of sp³-hybridized carbons (Fsp3) is 0.0667. The number of hydrogen-bond donors (Lipinski definition) is 0. The molecule has 0 radical (unpaired) electrons. The Morgan fingerprint density at radius 1 is 1.24 bits per heavy atom. The first-order chi connectivity index (χ1) is 10.2. The third-order valence-electron chi connectivity index (χ3n) is 2.84. The molecule has 2 heterocycles. The molecule has 1 aliphatic rings. The van der Waals surface area contributed by atoms with Gasteiger partial charge in [-0.3, -0.25) is 0 Å². The largest absolute Gasteiger partial charge is 0.496 e. The van der Waals surface area contributed by atoms with Crippen molar-refractivity contribution in [2.45, 2.75) is 0 Å². The number of carbonyl (C=O) groups excluding carboxylic acids is 1. The predicted octanol–water partition coefficient (Wildman–Crippen LogP) is 3.40. The first-order valence-corrected chi connectivity index (χ1v) is 6.88. The zero-order chi connectivity index (χ0) is 14.8. The van der Waals surface area contributed by atoms with Crippen molar-refractivity contribution >= 4 is 33.9 Å². The molecule has 0 atom stereocenters. The quantitative estimate of drug-likeness (QED) is 0.630.